The first kappa shape index (κ1) is 17.7. The van der Waals surface area contributed by atoms with Crippen LogP contribution in [0.15, 0.2) is 29.8 Å². The van der Waals surface area contributed by atoms with Crippen LogP contribution in [0.1, 0.15) is 27.3 Å². The van der Waals surface area contributed by atoms with Gasteiger partial charge in [-0.15, -0.1) is 0 Å². The number of allylic oxidation sites excluding steroid dienone is 1. The Kier molecular flexibility index (Phi) is 3.74. The zero-order valence-electron chi connectivity index (χ0n) is 15.7. The van der Waals surface area contributed by atoms with Crippen molar-refractivity contribution >= 4 is 29.2 Å². The fourth-order valence-corrected chi connectivity index (χ4v) is 3.40. The molecule has 2 aliphatic rings. The molecule has 1 fully saturated rings. The summed E-state index contributed by atoms with van der Waals surface area (Å²) in [5, 5.41) is 0. The third-order valence-corrected chi connectivity index (χ3v) is 4.90. The van der Waals surface area contributed by atoms with Gasteiger partial charge in [0.1, 0.15) is 11.3 Å². The zero-order valence-corrected chi connectivity index (χ0v) is 15.7. The lowest BCUT2D eigenvalue weighted by atomic mass is 9.83. The molecular weight excluding hydrogens is 360 g/mol. The summed E-state index contributed by atoms with van der Waals surface area (Å²) in [6.45, 7) is 3.61. The molecule has 1 saturated heterocycles. The second kappa shape index (κ2) is 5.91. The minimum Gasteiger partial charge on any atom is -0.288 e. The van der Waals surface area contributed by atoms with E-state index in [0.29, 0.717) is 28.3 Å². The van der Waals surface area contributed by atoms with Crippen LogP contribution >= 0.6 is 0 Å². The van der Waals surface area contributed by atoms with Crippen LogP contribution in [0.25, 0.3) is 17.0 Å². The van der Waals surface area contributed by atoms with E-state index in [2.05, 4.69) is 9.97 Å². The van der Waals surface area contributed by atoms with E-state index in [9.17, 15) is 19.2 Å². The van der Waals surface area contributed by atoms with E-state index in [1.54, 1.807) is 38.1 Å². The van der Waals surface area contributed by atoms with Gasteiger partial charge >= 0.3 is 6.03 Å². The summed E-state index contributed by atoms with van der Waals surface area (Å²) in [5.74, 6) is -2.12. The molecule has 2 aromatic rings. The van der Waals surface area contributed by atoms with Gasteiger partial charge in [0.05, 0.1) is 16.8 Å². The van der Waals surface area contributed by atoms with Crippen molar-refractivity contribution in [2.24, 2.45) is 0 Å². The minimum atomic E-state index is -0.813. The summed E-state index contributed by atoms with van der Waals surface area (Å²) >= 11 is 0. The monoisotopic (exact) mass is 376 g/mol. The highest BCUT2D eigenvalue weighted by Gasteiger charge is 2.43. The summed E-state index contributed by atoms with van der Waals surface area (Å²) in [5.41, 5.74) is 2.50. The van der Waals surface area contributed by atoms with E-state index < -0.39 is 23.6 Å². The molecule has 8 nitrogen and oxygen atoms in total. The number of carbonyl (C=O) groups is 4. The Bertz CT molecular complexity index is 1120. The lowest BCUT2D eigenvalue weighted by Gasteiger charge is -2.31. The van der Waals surface area contributed by atoms with E-state index in [1.807, 2.05) is 0 Å². The maximum absolute atomic E-state index is 13.3. The summed E-state index contributed by atoms with van der Waals surface area (Å²) < 4.78 is 0. The molecule has 0 atom stereocenters. The van der Waals surface area contributed by atoms with Crippen molar-refractivity contribution in [3.63, 3.8) is 0 Å². The van der Waals surface area contributed by atoms with Crippen LogP contribution in [0.3, 0.4) is 0 Å². The van der Waals surface area contributed by atoms with Crippen LogP contribution in [0.4, 0.5) is 4.79 Å². The molecule has 0 saturated carbocycles. The van der Waals surface area contributed by atoms with Gasteiger partial charge in [-0.25, -0.2) is 4.79 Å². The van der Waals surface area contributed by atoms with Crippen molar-refractivity contribution in [1.29, 1.82) is 0 Å². The largest absolute Gasteiger partial charge is 0.333 e. The lowest BCUT2D eigenvalue weighted by Crippen LogP contribution is -2.53. The van der Waals surface area contributed by atoms with Crippen molar-refractivity contribution in [3.05, 3.63) is 52.4 Å². The molecule has 4 rings (SSSR count). The fourth-order valence-electron chi connectivity index (χ4n) is 3.40. The predicted molar refractivity (Wildman–Crippen MR) is 99.1 cm³/mol. The number of aromatic nitrogens is 2. The molecule has 8 heteroatoms. The molecule has 0 unspecified atom stereocenters. The Morgan fingerprint density at radius 1 is 0.679 bits per heavy atom. The van der Waals surface area contributed by atoms with Crippen LogP contribution in [0.2, 0.25) is 0 Å². The van der Waals surface area contributed by atoms with E-state index in [-0.39, 0.29) is 16.7 Å². The Labute approximate surface area is 160 Å². The number of ketones is 1. The van der Waals surface area contributed by atoms with E-state index in [4.69, 9.17) is 0 Å². The van der Waals surface area contributed by atoms with Gasteiger partial charge in [0, 0.05) is 31.0 Å². The summed E-state index contributed by atoms with van der Waals surface area (Å²) in [7, 11) is 2.54. The third kappa shape index (κ3) is 2.31. The Balaban J connectivity index is 2.09. The quantitative estimate of drug-likeness (QED) is 0.513. The number of fused-ring (bicyclic) bond motifs is 3. The molecule has 2 aromatic heterocycles. The lowest BCUT2D eigenvalue weighted by molar-refractivity contribution is -0.134. The Morgan fingerprint density at radius 3 is 1.68 bits per heavy atom. The molecule has 4 amide bonds. The third-order valence-electron chi connectivity index (χ3n) is 4.90. The molecule has 1 aliphatic heterocycles. The standard InChI is InChI=1S/C20H16N4O4/c1-9-5-7-11-13(14-18(26)23(3)20(28)24(4)19(14)27)17(25)12-8-6-10(2)22-16(12)15(11)21-9/h5-8H,1-4H3. The van der Waals surface area contributed by atoms with Gasteiger partial charge < -0.3 is 0 Å². The number of imide groups is 2. The molecule has 0 N–H and O–H groups in total. The summed E-state index contributed by atoms with van der Waals surface area (Å²) in [6, 6.07) is 5.91. The van der Waals surface area contributed by atoms with Gasteiger partial charge in [-0.2, -0.15) is 0 Å². The van der Waals surface area contributed by atoms with Crippen molar-refractivity contribution in [2.75, 3.05) is 14.1 Å². The van der Waals surface area contributed by atoms with Crippen molar-refractivity contribution in [2.45, 2.75) is 13.8 Å². The highest BCUT2D eigenvalue weighted by Crippen LogP contribution is 2.40. The Hall–Kier alpha value is -3.68. The molecule has 1 aliphatic carbocycles. The number of urea groups is 1. The van der Waals surface area contributed by atoms with E-state index >= 15 is 0 Å². The van der Waals surface area contributed by atoms with Crippen LogP contribution in [-0.4, -0.2) is 57.5 Å². The molecule has 0 radical (unpaired) electrons. The number of aryl methyl sites for hydroxylation is 2. The SMILES string of the molecule is Cc1ccc2c(n1)-c1nc(C)ccc1C(=C1C(=O)N(C)C(=O)N(C)C1=O)C2=O. The number of likely N-dealkylation sites (N-methyl/N-ethyl adjacent to an activating group) is 2. The first-order valence-corrected chi connectivity index (χ1v) is 8.57. The average molecular weight is 376 g/mol. The molecule has 0 aromatic carbocycles. The normalized spacial score (nSPS) is 16.6. The second-order valence-corrected chi connectivity index (χ2v) is 6.79. The number of pyridine rings is 2. The summed E-state index contributed by atoms with van der Waals surface area (Å²) in [4.78, 5) is 61.6. The number of nitrogens with zero attached hydrogens (tertiary/aromatic N) is 4. The van der Waals surface area contributed by atoms with Gasteiger partial charge in [-0.3, -0.25) is 34.2 Å². The predicted octanol–water partition coefficient (Wildman–Crippen LogP) is 1.76. The zero-order chi connectivity index (χ0) is 20.3. The van der Waals surface area contributed by atoms with E-state index in [0.717, 1.165) is 9.80 Å². The van der Waals surface area contributed by atoms with Crippen LogP contribution in [-0.2, 0) is 9.59 Å². The Morgan fingerprint density at radius 2 is 1.14 bits per heavy atom. The summed E-state index contributed by atoms with van der Waals surface area (Å²) in [6.07, 6.45) is 0. The maximum atomic E-state index is 13.3. The molecular formula is C20H16N4O4. The van der Waals surface area contributed by atoms with Gasteiger partial charge in [-0.05, 0) is 32.0 Å². The number of amides is 4. The van der Waals surface area contributed by atoms with Gasteiger partial charge in [0.25, 0.3) is 11.8 Å². The van der Waals surface area contributed by atoms with Crippen molar-refractivity contribution in [1.82, 2.24) is 19.8 Å². The molecule has 0 spiro atoms. The minimum absolute atomic E-state index is 0.0538. The number of barbiturate groups is 1. The van der Waals surface area contributed by atoms with Gasteiger partial charge in [-0.1, -0.05) is 6.07 Å². The first-order valence-electron chi connectivity index (χ1n) is 8.57. The maximum Gasteiger partial charge on any atom is 0.333 e. The highest BCUT2D eigenvalue weighted by atomic mass is 16.2. The first-order chi connectivity index (χ1) is 13.2. The number of hydrogen-bond acceptors (Lipinski definition) is 6. The van der Waals surface area contributed by atoms with Crippen LogP contribution in [0.5, 0.6) is 0 Å². The average Bonchev–Trinajstić information content (AvgIpc) is 2.67. The highest BCUT2D eigenvalue weighted by molar-refractivity contribution is 6.44. The number of carbonyl (C=O) groups excluding carboxylic acids is 4. The topological polar surface area (TPSA) is 101 Å². The molecule has 140 valence electrons. The molecule has 0 bridgehead atoms. The van der Waals surface area contributed by atoms with Crippen LogP contribution in [0, 0.1) is 13.8 Å². The van der Waals surface area contributed by atoms with Gasteiger partial charge in [0.15, 0.2) is 5.78 Å². The number of hydrogen-bond donors (Lipinski definition) is 0. The molecule has 3 heterocycles. The number of Topliss-reactive ketones (excluding diaryl/α,β-unsaturated/α-hetero) is 1. The van der Waals surface area contributed by atoms with Crippen molar-refractivity contribution < 1.29 is 19.2 Å². The smallest absolute Gasteiger partial charge is 0.288 e. The molecule has 28 heavy (non-hydrogen) atoms. The number of rotatable bonds is 0. The fraction of sp³-hybridized carbons (Fsp3) is 0.200. The van der Waals surface area contributed by atoms with Gasteiger partial charge in [0.2, 0.25) is 0 Å². The second-order valence-electron chi connectivity index (χ2n) is 6.79. The van der Waals surface area contributed by atoms with Crippen molar-refractivity contribution in [3.8, 4) is 11.4 Å². The van der Waals surface area contributed by atoms with Crippen LogP contribution < -0.4 is 0 Å². The van der Waals surface area contributed by atoms with E-state index in [1.165, 1.54) is 14.1 Å².